The van der Waals surface area contributed by atoms with Gasteiger partial charge in [0.25, 0.3) is 0 Å². The van der Waals surface area contributed by atoms with Crippen LogP contribution in [0, 0.1) is 6.57 Å². The zero-order valence-electron chi connectivity index (χ0n) is 8.45. The van der Waals surface area contributed by atoms with Crippen LogP contribution in [0.4, 0.5) is 0 Å². The number of nitrogens with zero attached hydrogens (tertiary/aromatic N) is 4. The molecule has 6 heteroatoms. The number of carboxylic acid groups (broad SMARTS) is 1. The van der Waals surface area contributed by atoms with E-state index in [2.05, 4.69) is 14.8 Å². The maximum Gasteiger partial charge on any atom is 0.356 e. The van der Waals surface area contributed by atoms with Crippen molar-refractivity contribution in [3.63, 3.8) is 0 Å². The highest BCUT2D eigenvalue weighted by molar-refractivity contribution is 5.85. The summed E-state index contributed by atoms with van der Waals surface area (Å²) in [5, 5.41) is 8.76. The Morgan fingerprint density at radius 3 is 3.00 bits per heavy atom. The van der Waals surface area contributed by atoms with Crippen molar-refractivity contribution >= 4 is 11.7 Å². The first-order chi connectivity index (χ1) is 7.61. The average Bonchev–Trinajstić information content (AvgIpc) is 2.70. The summed E-state index contributed by atoms with van der Waals surface area (Å²) in [6, 6.07) is -0.299. The normalized spacial score (nSPS) is 12.2. The molecule has 0 aliphatic rings. The number of carbonyl (C=O) groups is 1. The molecular weight excluding hydrogens is 208 g/mol. The van der Waals surface area contributed by atoms with E-state index in [1.165, 1.54) is 16.8 Å². The van der Waals surface area contributed by atoms with Crippen molar-refractivity contribution in [2.24, 2.45) is 0 Å². The molecule has 0 amide bonds. The summed E-state index contributed by atoms with van der Waals surface area (Å²) in [5.41, 5.74) is 0.678. The van der Waals surface area contributed by atoms with Crippen molar-refractivity contribution in [3.8, 4) is 0 Å². The summed E-state index contributed by atoms with van der Waals surface area (Å²) in [4.78, 5) is 21.9. The second kappa shape index (κ2) is 3.62. The maximum absolute atomic E-state index is 10.7. The van der Waals surface area contributed by atoms with Gasteiger partial charge >= 0.3 is 5.97 Å². The number of rotatable bonds is 2. The predicted molar refractivity (Wildman–Crippen MR) is 55.0 cm³/mol. The van der Waals surface area contributed by atoms with Crippen LogP contribution < -0.4 is 0 Å². The molecule has 16 heavy (non-hydrogen) atoms. The molecule has 2 heterocycles. The molecule has 1 atom stereocenters. The Bertz CT molecular complexity index is 596. The van der Waals surface area contributed by atoms with Gasteiger partial charge in [0.2, 0.25) is 11.8 Å². The van der Waals surface area contributed by atoms with E-state index in [-0.39, 0.29) is 11.7 Å². The van der Waals surface area contributed by atoms with Gasteiger partial charge < -0.3 is 9.95 Å². The fourth-order valence-corrected chi connectivity index (χ4v) is 1.29. The fourth-order valence-electron chi connectivity index (χ4n) is 1.29. The number of aromatic carboxylic acids is 1. The Hall–Kier alpha value is -2.42. The van der Waals surface area contributed by atoms with Crippen LogP contribution in [0.3, 0.4) is 0 Å². The summed E-state index contributed by atoms with van der Waals surface area (Å²) in [7, 11) is 0. The van der Waals surface area contributed by atoms with Gasteiger partial charge in [-0.2, -0.15) is 0 Å². The molecule has 2 aromatic rings. The molecule has 0 bridgehead atoms. The number of fused-ring (bicyclic) bond motifs is 1. The van der Waals surface area contributed by atoms with Crippen LogP contribution >= 0.6 is 0 Å². The molecule has 80 valence electrons. The largest absolute Gasteiger partial charge is 0.476 e. The van der Waals surface area contributed by atoms with Gasteiger partial charge in [0.05, 0.1) is 5.56 Å². The molecule has 0 aromatic carbocycles. The van der Waals surface area contributed by atoms with Gasteiger partial charge in [-0.3, -0.25) is 4.40 Å². The summed E-state index contributed by atoms with van der Waals surface area (Å²) in [6.45, 7) is 8.66. The lowest BCUT2D eigenvalue weighted by molar-refractivity contribution is 0.0691. The van der Waals surface area contributed by atoms with Crippen molar-refractivity contribution < 1.29 is 9.90 Å². The molecule has 0 radical (unpaired) electrons. The molecule has 6 nitrogen and oxygen atoms in total. The molecule has 0 fully saturated rings. The Morgan fingerprint density at radius 2 is 2.38 bits per heavy atom. The highest BCUT2D eigenvalue weighted by Gasteiger charge is 2.13. The Morgan fingerprint density at radius 1 is 1.62 bits per heavy atom. The first-order valence-electron chi connectivity index (χ1n) is 4.56. The number of imidazole rings is 1. The minimum absolute atomic E-state index is 0.0554. The van der Waals surface area contributed by atoms with Crippen LogP contribution in [0.5, 0.6) is 0 Å². The Kier molecular flexibility index (Phi) is 2.29. The summed E-state index contributed by atoms with van der Waals surface area (Å²) < 4.78 is 1.51. The molecule has 2 aromatic heterocycles. The van der Waals surface area contributed by atoms with E-state index in [0.717, 1.165) is 5.56 Å². The second-order valence-corrected chi connectivity index (χ2v) is 3.33. The van der Waals surface area contributed by atoms with E-state index < -0.39 is 5.97 Å². The maximum atomic E-state index is 10.7. The molecule has 0 aliphatic heterocycles. The van der Waals surface area contributed by atoms with Gasteiger partial charge in [-0.1, -0.05) is 0 Å². The smallest absolute Gasteiger partial charge is 0.356 e. The van der Waals surface area contributed by atoms with Crippen molar-refractivity contribution in [3.05, 3.63) is 41.3 Å². The number of aromatic nitrogens is 3. The second-order valence-electron chi connectivity index (χ2n) is 3.33. The van der Waals surface area contributed by atoms with E-state index in [1.54, 1.807) is 13.1 Å². The summed E-state index contributed by atoms with van der Waals surface area (Å²) >= 11 is 0. The van der Waals surface area contributed by atoms with Crippen molar-refractivity contribution in [2.45, 2.75) is 13.0 Å². The van der Waals surface area contributed by atoms with E-state index in [9.17, 15) is 4.79 Å². The SMILES string of the molecule is [C-]#[N+]C(C)c1cnc2nc(C(=O)O)cn2c1. The zero-order chi connectivity index (χ0) is 11.7. The van der Waals surface area contributed by atoms with E-state index in [1.807, 2.05) is 0 Å². The van der Waals surface area contributed by atoms with Gasteiger partial charge in [0.15, 0.2) is 5.69 Å². The molecule has 2 rings (SSSR count). The highest BCUT2D eigenvalue weighted by atomic mass is 16.4. The standard InChI is InChI=1S/C10H8N4O2/c1-6(11-2)7-3-12-10-13-8(9(15)16)5-14(10)4-7/h3-6H,1H3,(H,15,16). The Labute approximate surface area is 91.0 Å². The summed E-state index contributed by atoms with van der Waals surface area (Å²) in [6.07, 6.45) is 4.59. The molecule has 0 aliphatic carbocycles. The van der Waals surface area contributed by atoms with E-state index in [0.29, 0.717) is 5.78 Å². The first-order valence-corrected chi connectivity index (χ1v) is 4.56. The molecule has 0 saturated carbocycles. The lowest BCUT2D eigenvalue weighted by atomic mass is 10.2. The lowest BCUT2D eigenvalue weighted by Crippen LogP contribution is -1.95. The minimum Gasteiger partial charge on any atom is -0.476 e. The van der Waals surface area contributed by atoms with Crippen molar-refractivity contribution in [2.75, 3.05) is 0 Å². The van der Waals surface area contributed by atoms with Gasteiger partial charge in [0.1, 0.15) is 0 Å². The topological polar surface area (TPSA) is 71.8 Å². The van der Waals surface area contributed by atoms with Gasteiger partial charge in [-0.05, 0) is 0 Å². The van der Waals surface area contributed by atoms with Crippen LogP contribution in [0.2, 0.25) is 0 Å². The molecule has 0 spiro atoms. The van der Waals surface area contributed by atoms with Gasteiger partial charge in [-0.25, -0.2) is 21.3 Å². The third-order valence-electron chi connectivity index (χ3n) is 2.23. The number of hydrogen-bond acceptors (Lipinski definition) is 3. The molecular formula is C10H8N4O2. The van der Waals surface area contributed by atoms with E-state index in [4.69, 9.17) is 11.7 Å². The van der Waals surface area contributed by atoms with Crippen molar-refractivity contribution in [1.29, 1.82) is 0 Å². The summed E-state index contributed by atoms with van der Waals surface area (Å²) in [5.74, 6) is -0.774. The predicted octanol–water partition coefficient (Wildman–Crippen LogP) is 1.41. The van der Waals surface area contributed by atoms with E-state index >= 15 is 0 Å². The van der Waals surface area contributed by atoms with Crippen LogP contribution in [-0.4, -0.2) is 25.4 Å². The highest BCUT2D eigenvalue weighted by Crippen LogP contribution is 2.15. The van der Waals surface area contributed by atoms with Gasteiger partial charge in [-0.15, -0.1) is 0 Å². The quantitative estimate of drug-likeness (QED) is 0.770. The first kappa shape index (κ1) is 10.1. The number of hydrogen-bond donors (Lipinski definition) is 1. The minimum atomic E-state index is -1.09. The third kappa shape index (κ3) is 1.59. The van der Waals surface area contributed by atoms with Crippen molar-refractivity contribution in [1.82, 2.24) is 14.4 Å². The third-order valence-corrected chi connectivity index (χ3v) is 2.23. The zero-order valence-corrected chi connectivity index (χ0v) is 8.45. The van der Waals surface area contributed by atoms with Crippen LogP contribution in [0.25, 0.3) is 10.6 Å². The van der Waals surface area contributed by atoms with Crippen LogP contribution in [0.15, 0.2) is 18.6 Å². The monoisotopic (exact) mass is 216 g/mol. The fraction of sp³-hybridized carbons (Fsp3) is 0.200. The Balaban J connectivity index is 2.54. The molecule has 1 N–H and O–H groups in total. The van der Waals surface area contributed by atoms with Crippen LogP contribution in [-0.2, 0) is 0 Å². The molecule has 1 unspecified atom stereocenters. The number of carboxylic acids is 1. The average molecular weight is 216 g/mol. The van der Waals surface area contributed by atoms with Gasteiger partial charge in [0, 0.05) is 25.5 Å². The molecule has 0 saturated heterocycles. The lowest BCUT2D eigenvalue weighted by Gasteiger charge is -1.99. The van der Waals surface area contributed by atoms with Crippen LogP contribution in [0.1, 0.15) is 29.0 Å².